The number of likely N-dealkylation sites (tertiary alicyclic amines) is 1. The Labute approximate surface area is 120 Å². The Morgan fingerprint density at radius 2 is 1.94 bits per heavy atom. The third kappa shape index (κ3) is 2.29. The molecule has 0 spiro atoms. The monoisotopic (exact) mass is 328 g/mol. The Bertz CT molecular complexity index is 462. The van der Waals surface area contributed by atoms with E-state index in [0.717, 1.165) is 30.7 Å². The van der Waals surface area contributed by atoms with Gasteiger partial charge in [-0.3, -0.25) is 4.79 Å². The molecule has 0 bridgehead atoms. The summed E-state index contributed by atoms with van der Waals surface area (Å²) >= 11 is 9.36. The average molecular weight is 330 g/mol. The van der Waals surface area contributed by atoms with Crippen LogP contribution in [-0.2, 0) is 0 Å². The van der Waals surface area contributed by atoms with E-state index in [1.54, 1.807) is 12.1 Å². The molecule has 1 amide bonds. The number of rotatable bonds is 1. The van der Waals surface area contributed by atoms with Gasteiger partial charge in [-0.25, -0.2) is 0 Å². The van der Waals surface area contributed by atoms with Crippen molar-refractivity contribution in [2.24, 2.45) is 11.8 Å². The van der Waals surface area contributed by atoms with E-state index >= 15 is 0 Å². The minimum Gasteiger partial charge on any atom is -0.338 e. The van der Waals surface area contributed by atoms with E-state index in [2.05, 4.69) is 21.2 Å². The molecule has 0 aliphatic carbocycles. The summed E-state index contributed by atoms with van der Waals surface area (Å²) in [6.45, 7) is 3.79. The van der Waals surface area contributed by atoms with Crippen molar-refractivity contribution in [3.05, 3.63) is 33.3 Å². The van der Waals surface area contributed by atoms with Gasteiger partial charge in [0.25, 0.3) is 5.91 Å². The highest BCUT2D eigenvalue weighted by atomic mass is 79.9. The van der Waals surface area contributed by atoms with Crippen LogP contribution in [0.2, 0.25) is 5.02 Å². The molecule has 0 saturated carbocycles. The minimum atomic E-state index is 0.0904. The molecule has 2 aliphatic rings. The summed E-state index contributed by atoms with van der Waals surface area (Å²) in [5.41, 5.74) is 0.669. The van der Waals surface area contributed by atoms with Gasteiger partial charge >= 0.3 is 0 Å². The fourth-order valence-corrected chi connectivity index (χ4v) is 3.74. The summed E-state index contributed by atoms with van der Waals surface area (Å²) < 4.78 is 0.847. The Kier molecular flexibility index (Phi) is 3.34. The molecule has 1 aromatic rings. The number of amides is 1. The standard InChI is InChI=1S/C13H14BrClN2O/c14-11-1-8(2-12(15)3-11)13(18)17-6-9-4-16-5-10(9)7-17/h1-3,9-10,16H,4-7H2. The van der Waals surface area contributed by atoms with Crippen LogP contribution in [-0.4, -0.2) is 37.0 Å². The van der Waals surface area contributed by atoms with Crippen LogP contribution < -0.4 is 5.32 Å². The van der Waals surface area contributed by atoms with Gasteiger partial charge in [-0.05, 0) is 30.0 Å². The average Bonchev–Trinajstić information content (AvgIpc) is 2.86. The summed E-state index contributed by atoms with van der Waals surface area (Å²) in [5.74, 6) is 1.33. The molecule has 3 nitrogen and oxygen atoms in total. The lowest BCUT2D eigenvalue weighted by molar-refractivity contribution is 0.0781. The number of hydrogen-bond donors (Lipinski definition) is 1. The molecule has 96 valence electrons. The molecule has 2 heterocycles. The number of benzene rings is 1. The first-order chi connectivity index (χ1) is 8.63. The van der Waals surface area contributed by atoms with Crippen LogP contribution >= 0.6 is 27.5 Å². The number of nitrogens with zero attached hydrogens (tertiary/aromatic N) is 1. The van der Waals surface area contributed by atoms with E-state index in [-0.39, 0.29) is 5.91 Å². The largest absolute Gasteiger partial charge is 0.338 e. The van der Waals surface area contributed by atoms with E-state index in [1.165, 1.54) is 0 Å². The molecule has 0 radical (unpaired) electrons. The number of halogens is 2. The van der Waals surface area contributed by atoms with Gasteiger partial charge in [-0.15, -0.1) is 0 Å². The number of hydrogen-bond acceptors (Lipinski definition) is 2. The van der Waals surface area contributed by atoms with Crippen LogP contribution in [0.4, 0.5) is 0 Å². The number of fused-ring (bicyclic) bond motifs is 1. The number of nitrogens with one attached hydrogen (secondary N) is 1. The predicted octanol–water partition coefficient (Wildman–Crippen LogP) is 2.39. The summed E-state index contributed by atoms with van der Waals surface area (Å²) in [6, 6.07) is 5.36. The van der Waals surface area contributed by atoms with Gasteiger partial charge in [-0.2, -0.15) is 0 Å². The first-order valence-corrected chi connectivity index (χ1v) is 7.26. The molecule has 3 rings (SSSR count). The van der Waals surface area contributed by atoms with Crippen molar-refractivity contribution >= 4 is 33.4 Å². The molecule has 5 heteroatoms. The fraction of sp³-hybridized carbons (Fsp3) is 0.462. The Morgan fingerprint density at radius 1 is 1.28 bits per heavy atom. The van der Waals surface area contributed by atoms with Crippen LogP contribution in [0, 0.1) is 11.8 Å². The van der Waals surface area contributed by atoms with Crippen molar-refractivity contribution in [1.29, 1.82) is 0 Å². The van der Waals surface area contributed by atoms with E-state index in [1.807, 2.05) is 11.0 Å². The zero-order chi connectivity index (χ0) is 12.7. The van der Waals surface area contributed by atoms with Crippen molar-refractivity contribution in [2.75, 3.05) is 26.2 Å². The molecule has 18 heavy (non-hydrogen) atoms. The molecule has 1 aromatic carbocycles. The van der Waals surface area contributed by atoms with Gasteiger partial charge in [0, 0.05) is 41.2 Å². The Hall–Kier alpha value is -0.580. The lowest BCUT2D eigenvalue weighted by Gasteiger charge is -2.17. The van der Waals surface area contributed by atoms with Crippen molar-refractivity contribution in [3.8, 4) is 0 Å². The van der Waals surface area contributed by atoms with Gasteiger partial charge in [0.2, 0.25) is 0 Å². The van der Waals surface area contributed by atoms with Crippen molar-refractivity contribution < 1.29 is 4.79 Å². The third-order valence-corrected chi connectivity index (χ3v) is 4.46. The normalized spacial score (nSPS) is 26.4. The molecular weight excluding hydrogens is 316 g/mol. The SMILES string of the molecule is O=C(c1cc(Cl)cc(Br)c1)N1CC2CNCC2C1. The summed E-state index contributed by atoms with van der Waals surface area (Å²) in [7, 11) is 0. The van der Waals surface area contributed by atoms with E-state index < -0.39 is 0 Å². The summed E-state index contributed by atoms with van der Waals surface area (Å²) in [6.07, 6.45) is 0. The molecule has 2 fully saturated rings. The zero-order valence-corrected chi connectivity index (χ0v) is 12.2. The van der Waals surface area contributed by atoms with E-state index in [0.29, 0.717) is 22.4 Å². The molecule has 2 unspecified atom stereocenters. The van der Waals surface area contributed by atoms with Gasteiger partial charge < -0.3 is 10.2 Å². The Balaban J connectivity index is 1.78. The van der Waals surface area contributed by atoms with Crippen molar-refractivity contribution in [3.63, 3.8) is 0 Å². The topological polar surface area (TPSA) is 32.3 Å². The number of carbonyl (C=O) groups excluding carboxylic acids is 1. The zero-order valence-electron chi connectivity index (χ0n) is 9.83. The van der Waals surface area contributed by atoms with Gasteiger partial charge in [0.05, 0.1) is 0 Å². The second kappa shape index (κ2) is 4.83. The first-order valence-electron chi connectivity index (χ1n) is 6.09. The third-order valence-electron chi connectivity index (χ3n) is 3.79. The van der Waals surface area contributed by atoms with Crippen LogP contribution in [0.1, 0.15) is 10.4 Å². The lowest BCUT2D eigenvalue weighted by atomic mass is 10.0. The van der Waals surface area contributed by atoms with Crippen LogP contribution in [0.5, 0.6) is 0 Å². The Morgan fingerprint density at radius 3 is 2.56 bits per heavy atom. The molecule has 2 atom stereocenters. The molecule has 2 aliphatic heterocycles. The first kappa shape index (κ1) is 12.5. The van der Waals surface area contributed by atoms with Gasteiger partial charge in [0.1, 0.15) is 0 Å². The minimum absolute atomic E-state index is 0.0904. The second-order valence-corrected chi connectivity index (χ2v) is 6.40. The van der Waals surface area contributed by atoms with Crippen molar-refractivity contribution in [1.82, 2.24) is 10.2 Å². The highest BCUT2D eigenvalue weighted by Crippen LogP contribution is 2.28. The molecular formula is C13H14BrClN2O. The summed E-state index contributed by atoms with van der Waals surface area (Å²) in [5, 5.41) is 3.97. The number of carbonyl (C=O) groups is 1. The molecule has 2 saturated heterocycles. The van der Waals surface area contributed by atoms with Crippen LogP contribution in [0.25, 0.3) is 0 Å². The maximum atomic E-state index is 12.4. The smallest absolute Gasteiger partial charge is 0.253 e. The maximum absolute atomic E-state index is 12.4. The van der Waals surface area contributed by atoms with E-state index in [4.69, 9.17) is 11.6 Å². The van der Waals surface area contributed by atoms with Crippen molar-refractivity contribution in [2.45, 2.75) is 0 Å². The highest BCUT2D eigenvalue weighted by Gasteiger charge is 2.38. The van der Waals surface area contributed by atoms with Crippen LogP contribution in [0.15, 0.2) is 22.7 Å². The quantitative estimate of drug-likeness (QED) is 0.858. The van der Waals surface area contributed by atoms with Crippen LogP contribution in [0.3, 0.4) is 0 Å². The van der Waals surface area contributed by atoms with Gasteiger partial charge in [-0.1, -0.05) is 27.5 Å². The highest BCUT2D eigenvalue weighted by molar-refractivity contribution is 9.10. The molecule has 1 N–H and O–H groups in total. The van der Waals surface area contributed by atoms with E-state index in [9.17, 15) is 4.79 Å². The maximum Gasteiger partial charge on any atom is 0.253 e. The second-order valence-electron chi connectivity index (χ2n) is 5.05. The fourth-order valence-electron chi connectivity index (χ4n) is 2.88. The molecule has 0 aromatic heterocycles. The predicted molar refractivity (Wildman–Crippen MR) is 74.9 cm³/mol. The summed E-state index contributed by atoms with van der Waals surface area (Å²) in [4.78, 5) is 14.4. The van der Waals surface area contributed by atoms with Gasteiger partial charge in [0.15, 0.2) is 0 Å². The lowest BCUT2D eigenvalue weighted by Crippen LogP contribution is -2.31.